The van der Waals surface area contributed by atoms with Crippen molar-refractivity contribution in [3.63, 3.8) is 0 Å². The Morgan fingerprint density at radius 2 is 2.35 bits per heavy atom. The standard InChI is InChI=1S/C12H13ClN2O2/c1-17-12(16)3-2-6-15-11-7-10(13)5-4-9(11)8-14/h4-5,7,15H,2-3,6H2,1H3. The lowest BCUT2D eigenvalue weighted by Gasteiger charge is -2.08. The van der Waals surface area contributed by atoms with Crippen molar-refractivity contribution in [2.24, 2.45) is 0 Å². The minimum absolute atomic E-state index is 0.238. The summed E-state index contributed by atoms with van der Waals surface area (Å²) in [6.45, 7) is 0.587. The van der Waals surface area contributed by atoms with Crippen LogP contribution in [0.15, 0.2) is 18.2 Å². The maximum absolute atomic E-state index is 10.9. The minimum atomic E-state index is -0.238. The van der Waals surface area contributed by atoms with Crippen molar-refractivity contribution in [1.29, 1.82) is 5.26 Å². The number of benzene rings is 1. The lowest BCUT2D eigenvalue weighted by molar-refractivity contribution is -0.140. The molecule has 4 nitrogen and oxygen atoms in total. The van der Waals surface area contributed by atoms with Crippen LogP contribution in [0.5, 0.6) is 0 Å². The molecule has 1 aromatic rings. The summed E-state index contributed by atoms with van der Waals surface area (Å²) < 4.78 is 4.53. The number of hydrogen-bond acceptors (Lipinski definition) is 4. The Morgan fingerprint density at radius 3 is 3.00 bits per heavy atom. The van der Waals surface area contributed by atoms with Crippen molar-refractivity contribution >= 4 is 23.3 Å². The predicted molar refractivity (Wildman–Crippen MR) is 65.9 cm³/mol. The highest BCUT2D eigenvalue weighted by Gasteiger charge is 2.03. The number of methoxy groups -OCH3 is 1. The van der Waals surface area contributed by atoms with Crippen LogP contribution in [0.25, 0.3) is 0 Å². The van der Waals surface area contributed by atoms with E-state index >= 15 is 0 Å². The van der Waals surface area contributed by atoms with Crippen LogP contribution in [-0.4, -0.2) is 19.6 Å². The second kappa shape index (κ2) is 6.77. The molecule has 0 bridgehead atoms. The first kappa shape index (κ1) is 13.3. The summed E-state index contributed by atoms with van der Waals surface area (Å²) in [6, 6.07) is 7.09. The van der Waals surface area contributed by atoms with E-state index in [1.165, 1.54) is 7.11 Å². The molecule has 0 atom stereocenters. The lowest BCUT2D eigenvalue weighted by atomic mass is 10.2. The van der Waals surface area contributed by atoms with Gasteiger partial charge in [-0.25, -0.2) is 0 Å². The number of halogens is 1. The zero-order chi connectivity index (χ0) is 12.7. The van der Waals surface area contributed by atoms with Gasteiger partial charge in [-0.15, -0.1) is 0 Å². The van der Waals surface area contributed by atoms with Gasteiger partial charge in [-0.2, -0.15) is 5.26 Å². The zero-order valence-electron chi connectivity index (χ0n) is 9.50. The van der Waals surface area contributed by atoms with E-state index in [9.17, 15) is 4.79 Å². The van der Waals surface area contributed by atoms with Gasteiger partial charge in [0.05, 0.1) is 18.4 Å². The molecule has 0 saturated heterocycles. The summed E-state index contributed by atoms with van der Waals surface area (Å²) in [6.07, 6.45) is 0.996. The second-order valence-electron chi connectivity index (χ2n) is 3.41. The largest absolute Gasteiger partial charge is 0.469 e. The molecule has 90 valence electrons. The molecule has 0 unspecified atom stereocenters. The number of ether oxygens (including phenoxy) is 1. The molecule has 0 amide bonds. The number of anilines is 1. The van der Waals surface area contributed by atoms with Crippen molar-refractivity contribution in [2.45, 2.75) is 12.8 Å². The van der Waals surface area contributed by atoms with Crippen molar-refractivity contribution in [2.75, 3.05) is 19.0 Å². The SMILES string of the molecule is COC(=O)CCCNc1cc(Cl)ccc1C#N. The van der Waals surface area contributed by atoms with E-state index in [0.29, 0.717) is 35.7 Å². The van der Waals surface area contributed by atoms with Crippen molar-refractivity contribution < 1.29 is 9.53 Å². The third kappa shape index (κ3) is 4.33. The van der Waals surface area contributed by atoms with Gasteiger partial charge in [-0.1, -0.05) is 11.6 Å². The molecule has 0 heterocycles. The van der Waals surface area contributed by atoms with E-state index in [2.05, 4.69) is 16.1 Å². The van der Waals surface area contributed by atoms with Crippen LogP contribution in [0.2, 0.25) is 5.02 Å². The molecule has 0 fully saturated rings. The van der Waals surface area contributed by atoms with Crippen LogP contribution in [-0.2, 0) is 9.53 Å². The monoisotopic (exact) mass is 252 g/mol. The number of carbonyl (C=O) groups is 1. The van der Waals surface area contributed by atoms with E-state index in [1.54, 1.807) is 18.2 Å². The minimum Gasteiger partial charge on any atom is -0.469 e. The Kier molecular flexibility index (Phi) is 5.31. The smallest absolute Gasteiger partial charge is 0.305 e. The fourth-order valence-corrected chi connectivity index (χ4v) is 1.49. The molecule has 0 radical (unpaired) electrons. The van der Waals surface area contributed by atoms with Gasteiger partial charge in [0, 0.05) is 18.0 Å². The van der Waals surface area contributed by atoms with E-state index in [1.807, 2.05) is 0 Å². The van der Waals surface area contributed by atoms with Crippen molar-refractivity contribution in [1.82, 2.24) is 0 Å². The van der Waals surface area contributed by atoms with Crippen molar-refractivity contribution in [3.05, 3.63) is 28.8 Å². The Hall–Kier alpha value is -1.73. The van der Waals surface area contributed by atoms with Crippen LogP contribution in [0.4, 0.5) is 5.69 Å². The number of rotatable bonds is 5. The number of nitriles is 1. The summed E-state index contributed by atoms with van der Waals surface area (Å²) in [5.41, 5.74) is 1.22. The second-order valence-corrected chi connectivity index (χ2v) is 3.84. The van der Waals surface area contributed by atoms with Crippen LogP contribution in [0, 0.1) is 11.3 Å². The molecule has 1 aromatic carbocycles. The molecular formula is C12H13ClN2O2. The fraction of sp³-hybridized carbons (Fsp3) is 0.333. The highest BCUT2D eigenvalue weighted by Crippen LogP contribution is 2.20. The van der Waals surface area contributed by atoms with Gasteiger partial charge in [-0.05, 0) is 24.6 Å². The third-order valence-electron chi connectivity index (χ3n) is 2.20. The number of nitrogens with one attached hydrogen (secondary N) is 1. The first-order chi connectivity index (χ1) is 8.17. The summed E-state index contributed by atoms with van der Waals surface area (Å²) in [7, 11) is 1.36. The van der Waals surface area contributed by atoms with Gasteiger partial charge in [0.2, 0.25) is 0 Å². The average Bonchev–Trinajstić information content (AvgIpc) is 2.34. The first-order valence-electron chi connectivity index (χ1n) is 5.17. The molecule has 0 aliphatic rings. The van der Waals surface area contributed by atoms with Crippen LogP contribution < -0.4 is 5.32 Å². The number of hydrogen-bond donors (Lipinski definition) is 1. The molecule has 1 rings (SSSR count). The van der Waals surface area contributed by atoms with Gasteiger partial charge < -0.3 is 10.1 Å². The van der Waals surface area contributed by atoms with E-state index in [-0.39, 0.29) is 5.97 Å². The molecule has 0 aliphatic heterocycles. The Labute approximate surface area is 105 Å². The predicted octanol–water partition coefficient (Wildman–Crippen LogP) is 2.58. The lowest BCUT2D eigenvalue weighted by Crippen LogP contribution is -2.07. The van der Waals surface area contributed by atoms with Gasteiger partial charge in [-0.3, -0.25) is 4.79 Å². The quantitative estimate of drug-likeness (QED) is 0.646. The summed E-state index contributed by atoms with van der Waals surface area (Å²) in [5, 5.41) is 12.5. The number of esters is 1. The van der Waals surface area contributed by atoms with Crippen LogP contribution >= 0.6 is 11.6 Å². The highest BCUT2D eigenvalue weighted by atomic mass is 35.5. The molecular weight excluding hydrogens is 240 g/mol. The highest BCUT2D eigenvalue weighted by molar-refractivity contribution is 6.30. The molecule has 0 spiro atoms. The van der Waals surface area contributed by atoms with E-state index in [4.69, 9.17) is 16.9 Å². The van der Waals surface area contributed by atoms with Gasteiger partial charge in [0.1, 0.15) is 6.07 Å². The topological polar surface area (TPSA) is 62.1 Å². The Morgan fingerprint density at radius 1 is 1.59 bits per heavy atom. The van der Waals surface area contributed by atoms with Gasteiger partial charge in [0.25, 0.3) is 0 Å². The maximum atomic E-state index is 10.9. The fourth-order valence-electron chi connectivity index (χ4n) is 1.32. The van der Waals surface area contributed by atoms with Crippen LogP contribution in [0.3, 0.4) is 0 Å². The maximum Gasteiger partial charge on any atom is 0.305 e. The molecule has 5 heteroatoms. The Bertz CT molecular complexity index is 441. The first-order valence-corrected chi connectivity index (χ1v) is 5.55. The third-order valence-corrected chi connectivity index (χ3v) is 2.44. The normalized spacial score (nSPS) is 9.47. The molecule has 17 heavy (non-hydrogen) atoms. The van der Waals surface area contributed by atoms with Crippen LogP contribution in [0.1, 0.15) is 18.4 Å². The summed E-state index contributed by atoms with van der Waals surface area (Å²) >= 11 is 5.84. The molecule has 0 aliphatic carbocycles. The number of carbonyl (C=O) groups excluding carboxylic acids is 1. The van der Waals surface area contributed by atoms with Gasteiger partial charge in [0.15, 0.2) is 0 Å². The summed E-state index contributed by atoms with van der Waals surface area (Å²) in [4.78, 5) is 10.9. The van der Waals surface area contributed by atoms with E-state index in [0.717, 1.165) is 0 Å². The van der Waals surface area contributed by atoms with Crippen molar-refractivity contribution in [3.8, 4) is 6.07 Å². The van der Waals surface area contributed by atoms with Gasteiger partial charge >= 0.3 is 5.97 Å². The Balaban J connectivity index is 2.49. The molecule has 0 aromatic heterocycles. The zero-order valence-corrected chi connectivity index (χ0v) is 10.3. The van der Waals surface area contributed by atoms with E-state index < -0.39 is 0 Å². The molecule has 0 saturated carbocycles. The average molecular weight is 253 g/mol. The summed E-state index contributed by atoms with van der Waals surface area (Å²) in [5.74, 6) is -0.238. The molecule has 1 N–H and O–H groups in total. The number of nitrogens with zero attached hydrogens (tertiary/aromatic N) is 1.